The van der Waals surface area contributed by atoms with E-state index in [0.717, 1.165) is 19.3 Å². The summed E-state index contributed by atoms with van der Waals surface area (Å²) < 4.78 is 5.04. The van der Waals surface area contributed by atoms with Gasteiger partial charge in [-0.15, -0.1) is 0 Å². The van der Waals surface area contributed by atoms with E-state index in [9.17, 15) is 9.59 Å². The summed E-state index contributed by atoms with van der Waals surface area (Å²) in [5, 5.41) is 12.0. The molecule has 0 spiro atoms. The topological polar surface area (TPSA) is 75.6 Å². The SMILES string of the molecule is CCCCCNC(CC(=O)O)C(=O)c1ccc(OC)cc1. The highest BCUT2D eigenvalue weighted by Gasteiger charge is 2.22. The number of carboxylic acid groups (broad SMARTS) is 1. The van der Waals surface area contributed by atoms with E-state index >= 15 is 0 Å². The van der Waals surface area contributed by atoms with Crippen molar-refractivity contribution in [1.29, 1.82) is 0 Å². The van der Waals surface area contributed by atoms with Crippen LogP contribution in [0.5, 0.6) is 5.75 Å². The number of carboxylic acids is 1. The number of methoxy groups -OCH3 is 1. The van der Waals surface area contributed by atoms with Gasteiger partial charge < -0.3 is 15.2 Å². The highest BCUT2D eigenvalue weighted by molar-refractivity contribution is 6.01. The molecule has 0 saturated heterocycles. The zero-order chi connectivity index (χ0) is 15.7. The molecule has 116 valence electrons. The predicted octanol–water partition coefficient (Wildman–Crippen LogP) is 2.50. The van der Waals surface area contributed by atoms with Gasteiger partial charge in [0.05, 0.1) is 19.6 Å². The molecule has 0 fully saturated rings. The van der Waals surface area contributed by atoms with E-state index in [2.05, 4.69) is 12.2 Å². The summed E-state index contributed by atoms with van der Waals surface area (Å²) in [4.78, 5) is 23.3. The number of nitrogens with one attached hydrogen (secondary N) is 1. The molecule has 0 aliphatic rings. The Kier molecular flexibility index (Phi) is 7.46. The first-order valence-electron chi connectivity index (χ1n) is 7.22. The minimum Gasteiger partial charge on any atom is -0.497 e. The van der Waals surface area contributed by atoms with Crippen LogP contribution in [0.1, 0.15) is 43.0 Å². The molecular weight excluding hydrogens is 270 g/mol. The second-order valence-electron chi connectivity index (χ2n) is 4.90. The van der Waals surface area contributed by atoms with Crippen LogP contribution in [0.2, 0.25) is 0 Å². The second kappa shape index (κ2) is 9.13. The van der Waals surface area contributed by atoms with Crippen LogP contribution in [0.4, 0.5) is 0 Å². The third-order valence-electron chi connectivity index (χ3n) is 3.24. The molecule has 0 amide bonds. The summed E-state index contributed by atoms with van der Waals surface area (Å²) in [6, 6.07) is 6.02. The number of ether oxygens (including phenoxy) is 1. The van der Waals surface area contributed by atoms with Crippen LogP contribution >= 0.6 is 0 Å². The van der Waals surface area contributed by atoms with E-state index in [1.54, 1.807) is 31.4 Å². The number of rotatable bonds is 10. The Bertz CT molecular complexity index is 456. The van der Waals surface area contributed by atoms with Gasteiger partial charge in [-0.05, 0) is 37.2 Å². The van der Waals surface area contributed by atoms with E-state index in [1.165, 1.54) is 0 Å². The molecule has 21 heavy (non-hydrogen) atoms. The average molecular weight is 293 g/mol. The van der Waals surface area contributed by atoms with Gasteiger partial charge in [0.2, 0.25) is 0 Å². The van der Waals surface area contributed by atoms with Gasteiger partial charge in [-0.1, -0.05) is 19.8 Å². The van der Waals surface area contributed by atoms with E-state index in [1.807, 2.05) is 0 Å². The van der Waals surface area contributed by atoms with Gasteiger partial charge in [0.25, 0.3) is 0 Å². The molecule has 0 heterocycles. The molecular formula is C16H23NO4. The summed E-state index contributed by atoms with van der Waals surface area (Å²) in [6.45, 7) is 2.74. The first kappa shape index (κ1) is 17.2. The summed E-state index contributed by atoms with van der Waals surface area (Å²) in [6.07, 6.45) is 2.86. The first-order valence-corrected chi connectivity index (χ1v) is 7.22. The highest BCUT2D eigenvalue weighted by Crippen LogP contribution is 2.14. The number of Topliss-reactive ketones (excluding diaryl/α,β-unsaturated/α-hetero) is 1. The maximum Gasteiger partial charge on any atom is 0.305 e. The van der Waals surface area contributed by atoms with Crippen LogP contribution in [0, 0.1) is 0 Å². The Labute approximate surface area is 125 Å². The Morgan fingerprint density at radius 1 is 1.24 bits per heavy atom. The monoisotopic (exact) mass is 293 g/mol. The van der Waals surface area contributed by atoms with Crippen molar-refractivity contribution in [2.45, 2.75) is 38.6 Å². The van der Waals surface area contributed by atoms with E-state index < -0.39 is 12.0 Å². The molecule has 0 aromatic heterocycles. The quantitative estimate of drug-likeness (QED) is 0.512. The summed E-state index contributed by atoms with van der Waals surface area (Å²) in [5.41, 5.74) is 0.491. The summed E-state index contributed by atoms with van der Waals surface area (Å²) >= 11 is 0. The number of ketones is 1. The number of benzene rings is 1. The van der Waals surface area contributed by atoms with Gasteiger partial charge in [-0.25, -0.2) is 0 Å². The van der Waals surface area contributed by atoms with E-state index in [-0.39, 0.29) is 12.2 Å². The molecule has 0 saturated carbocycles. The van der Waals surface area contributed by atoms with E-state index in [0.29, 0.717) is 17.9 Å². The Morgan fingerprint density at radius 2 is 1.90 bits per heavy atom. The van der Waals surface area contributed by atoms with Crippen molar-refractivity contribution >= 4 is 11.8 Å². The number of hydrogen-bond acceptors (Lipinski definition) is 4. The molecule has 0 aliphatic heterocycles. The fourth-order valence-corrected chi connectivity index (χ4v) is 2.04. The average Bonchev–Trinajstić information content (AvgIpc) is 2.49. The molecule has 0 radical (unpaired) electrons. The molecule has 0 aliphatic carbocycles. The minimum absolute atomic E-state index is 0.198. The van der Waals surface area contributed by atoms with Crippen LogP contribution in [-0.2, 0) is 4.79 Å². The fourth-order valence-electron chi connectivity index (χ4n) is 2.04. The number of unbranched alkanes of at least 4 members (excludes halogenated alkanes) is 2. The number of carbonyl (C=O) groups excluding carboxylic acids is 1. The van der Waals surface area contributed by atoms with Crippen LogP contribution in [0.15, 0.2) is 24.3 Å². The maximum absolute atomic E-state index is 12.4. The third kappa shape index (κ3) is 5.95. The molecule has 1 aromatic carbocycles. The lowest BCUT2D eigenvalue weighted by Crippen LogP contribution is -2.39. The Hall–Kier alpha value is -1.88. The number of hydrogen-bond donors (Lipinski definition) is 2. The van der Waals surface area contributed by atoms with Crippen LogP contribution < -0.4 is 10.1 Å². The van der Waals surface area contributed by atoms with Gasteiger partial charge in [-0.3, -0.25) is 9.59 Å². The van der Waals surface area contributed by atoms with Crippen molar-refractivity contribution in [3.63, 3.8) is 0 Å². The lowest BCUT2D eigenvalue weighted by molar-refractivity contribution is -0.137. The van der Waals surface area contributed by atoms with Gasteiger partial charge in [0, 0.05) is 5.56 Å². The molecule has 1 atom stereocenters. The van der Waals surface area contributed by atoms with Crippen molar-refractivity contribution in [1.82, 2.24) is 5.32 Å². The normalized spacial score (nSPS) is 11.9. The molecule has 5 heteroatoms. The smallest absolute Gasteiger partial charge is 0.305 e. The molecule has 1 aromatic rings. The van der Waals surface area contributed by atoms with Crippen molar-refractivity contribution in [2.75, 3.05) is 13.7 Å². The lowest BCUT2D eigenvalue weighted by Gasteiger charge is -2.16. The summed E-state index contributed by atoms with van der Waals surface area (Å²) in [7, 11) is 1.55. The van der Waals surface area contributed by atoms with Crippen molar-refractivity contribution in [3.8, 4) is 5.75 Å². The van der Waals surface area contributed by atoms with Crippen molar-refractivity contribution < 1.29 is 19.4 Å². The molecule has 1 rings (SSSR count). The highest BCUT2D eigenvalue weighted by atomic mass is 16.5. The molecule has 5 nitrogen and oxygen atoms in total. The van der Waals surface area contributed by atoms with Crippen molar-refractivity contribution in [2.24, 2.45) is 0 Å². The third-order valence-corrected chi connectivity index (χ3v) is 3.24. The summed E-state index contributed by atoms with van der Waals surface area (Å²) in [5.74, 6) is -0.515. The van der Waals surface area contributed by atoms with E-state index in [4.69, 9.17) is 9.84 Å². The predicted molar refractivity (Wildman–Crippen MR) is 80.9 cm³/mol. The minimum atomic E-state index is -0.982. The maximum atomic E-state index is 12.4. The van der Waals surface area contributed by atoms with Gasteiger partial charge in [0.1, 0.15) is 5.75 Å². The zero-order valence-corrected chi connectivity index (χ0v) is 12.6. The largest absolute Gasteiger partial charge is 0.497 e. The second-order valence-corrected chi connectivity index (χ2v) is 4.90. The van der Waals surface area contributed by atoms with Crippen LogP contribution in [0.3, 0.4) is 0 Å². The van der Waals surface area contributed by atoms with Crippen LogP contribution in [0.25, 0.3) is 0 Å². The standard InChI is InChI=1S/C16H23NO4/c1-3-4-5-10-17-14(11-15(18)19)16(20)12-6-8-13(21-2)9-7-12/h6-9,14,17H,3-5,10-11H2,1-2H3,(H,18,19). The Balaban J connectivity index is 2.70. The van der Waals surface area contributed by atoms with Gasteiger partial charge in [0.15, 0.2) is 5.78 Å². The van der Waals surface area contributed by atoms with Crippen molar-refractivity contribution in [3.05, 3.63) is 29.8 Å². The molecule has 2 N–H and O–H groups in total. The lowest BCUT2D eigenvalue weighted by atomic mass is 10.0. The zero-order valence-electron chi connectivity index (χ0n) is 12.6. The molecule has 1 unspecified atom stereocenters. The number of aliphatic carboxylic acids is 1. The molecule has 0 bridgehead atoms. The van der Waals surface area contributed by atoms with Gasteiger partial charge in [-0.2, -0.15) is 0 Å². The number of carbonyl (C=O) groups is 2. The first-order chi connectivity index (χ1) is 10.1. The fraction of sp³-hybridized carbons (Fsp3) is 0.500. The Morgan fingerprint density at radius 3 is 2.43 bits per heavy atom. The van der Waals surface area contributed by atoms with Gasteiger partial charge >= 0.3 is 5.97 Å². The van der Waals surface area contributed by atoms with Crippen LogP contribution in [-0.4, -0.2) is 36.6 Å².